The average Bonchev–Trinajstić information content (AvgIpc) is 3.22. The maximum atomic E-state index is 13.8. The van der Waals surface area contributed by atoms with Crippen molar-refractivity contribution in [3.05, 3.63) is 28.0 Å². The maximum Gasteiger partial charge on any atom is 0.348 e. The van der Waals surface area contributed by atoms with Gasteiger partial charge in [0.2, 0.25) is 5.91 Å². The summed E-state index contributed by atoms with van der Waals surface area (Å²) < 4.78 is 0. The highest BCUT2D eigenvalue weighted by molar-refractivity contribution is 7.14. The van der Waals surface area contributed by atoms with E-state index < -0.39 is 5.97 Å². The predicted molar refractivity (Wildman–Crippen MR) is 124 cm³/mol. The van der Waals surface area contributed by atoms with Crippen LogP contribution in [0.5, 0.6) is 0 Å². The third-order valence-corrected chi connectivity index (χ3v) is 8.68. The summed E-state index contributed by atoms with van der Waals surface area (Å²) >= 11 is 1.34. The number of carboxylic acids is 1. The second-order valence-electron chi connectivity index (χ2n) is 9.76. The quantitative estimate of drug-likeness (QED) is 0.567. The van der Waals surface area contributed by atoms with Gasteiger partial charge >= 0.3 is 5.97 Å². The van der Waals surface area contributed by atoms with Crippen LogP contribution in [0.25, 0.3) is 0 Å². The fourth-order valence-corrected chi connectivity index (χ4v) is 6.58. The van der Waals surface area contributed by atoms with Gasteiger partial charge in [0.15, 0.2) is 0 Å². The van der Waals surface area contributed by atoms with E-state index in [1.165, 1.54) is 11.3 Å². The molecular weight excluding hydrogens is 410 g/mol. The molecule has 1 unspecified atom stereocenters. The molecule has 1 heterocycles. The van der Waals surface area contributed by atoms with Crippen molar-refractivity contribution < 1.29 is 19.8 Å². The smallest absolute Gasteiger partial charge is 0.348 e. The number of hydrogen-bond acceptors (Lipinski definition) is 4. The van der Waals surface area contributed by atoms with E-state index in [2.05, 4.69) is 19.1 Å². The van der Waals surface area contributed by atoms with Crippen molar-refractivity contribution >= 4 is 28.9 Å². The fraction of sp³-hybridized carbons (Fsp3) is 0.680. The van der Waals surface area contributed by atoms with Crippen LogP contribution in [0.4, 0.5) is 5.69 Å². The molecule has 4 rings (SSSR count). The molecule has 0 spiro atoms. The van der Waals surface area contributed by atoms with Crippen molar-refractivity contribution in [2.45, 2.75) is 95.6 Å². The van der Waals surface area contributed by atoms with Crippen molar-refractivity contribution in [1.29, 1.82) is 0 Å². The fourth-order valence-electron chi connectivity index (χ4n) is 5.48. The Morgan fingerprint density at radius 3 is 2.35 bits per heavy atom. The summed E-state index contributed by atoms with van der Waals surface area (Å²) in [6.07, 6.45) is 14.0. The first kappa shape index (κ1) is 22.5. The van der Waals surface area contributed by atoms with Crippen LogP contribution in [0, 0.1) is 11.8 Å². The summed E-state index contributed by atoms with van der Waals surface area (Å²) in [7, 11) is 0. The van der Waals surface area contributed by atoms with Crippen LogP contribution >= 0.6 is 11.3 Å². The lowest BCUT2D eigenvalue weighted by atomic mass is 9.81. The van der Waals surface area contributed by atoms with Gasteiger partial charge in [-0.25, -0.2) is 4.79 Å². The van der Waals surface area contributed by atoms with E-state index in [1.54, 1.807) is 0 Å². The highest BCUT2D eigenvalue weighted by Crippen LogP contribution is 2.42. The first-order chi connectivity index (χ1) is 14.9. The number of carboxylic acid groups (broad SMARTS) is 1. The second kappa shape index (κ2) is 9.86. The van der Waals surface area contributed by atoms with Gasteiger partial charge < -0.3 is 15.1 Å². The largest absolute Gasteiger partial charge is 0.477 e. The number of thiophene rings is 1. The first-order valence-corrected chi connectivity index (χ1v) is 12.8. The molecule has 5 nitrogen and oxygen atoms in total. The molecule has 2 N–H and O–H groups in total. The highest BCUT2D eigenvalue weighted by Gasteiger charge is 2.37. The molecule has 1 amide bonds. The van der Waals surface area contributed by atoms with Gasteiger partial charge in [-0.2, -0.15) is 0 Å². The monoisotopic (exact) mass is 445 g/mol. The van der Waals surface area contributed by atoms with Gasteiger partial charge in [0.25, 0.3) is 0 Å². The van der Waals surface area contributed by atoms with Crippen LogP contribution in [-0.4, -0.2) is 34.2 Å². The minimum absolute atomic E-state index is 0.0254. The number of amides is 1. The number of rotatable bonds is 5. The van der Waals surface area contributed by atoms with Gasteiger partial charge in [-0.15, -0.1) is 11.3 Å². The molecule has 2 fully saturated rings. The third-order valence-electron chi connectivity index (χ3n) is 7.44. The number of anilines is 1. The van der Waals surface area contributed by atoms with Crippen molar-refractivity contribution in [3.8, 4) is 0 Å². The van der Waals surface area contributed by atoms with Crippen molar-refractivity contribution in [3.63, 3.8) is 0 Å². The molecule has 3 aliphatic carbocycles. The van der Waals surface area contributed by atoms with Gasteiger partial charge in [-0.05, 0) is 82.6 Å². The lowest BCUT2D eigenvalue weighted by molar-refractivity contribution is -0.124. The van der Waals surface area contributed by atoms with E-state index in [0.717, 1.165) is 62.7 Å². The zero-order valence-electron chi connectivity index (χ0n) is 18.5. The maximum absolute atomic E-state index is 13.8. The van der Waals surface area contributed by atoms with Gasteiger partial charge in [0.1, 0.15) is 4.88 Å². The summed E-state index contributed by atoms with van der Waals surface area (Å²) in [6, 6.07) is 1.96. The first-order valence-electron chi connectivity index (χ1n) is 12.0. The Kier molecular flexibility index (Phi) is 7.17. The van der Waals surface area contributed by atoms with Crippen LogP contribution in [0.15, 0.2) is 18.2 Å². The Morgan fingerprint density at radius 1 is 1.03 bits per heavy atom. The summed E-state index contributed by atoms with van der Waals surface area (Å²) in [5.74, 6) is 0.0212. The standard InChI is InChI=1S/C25H35NO4S/c1-16-7-9-18(10-8-16)24(28)26(19-11-13-20(27)14-12-19)21-15-22(31-23(21)25(29)30)17-5-3-2-4-6-17/h3,5,15-20,27H,2,4,6-14H2,1H3,(H,29,30)/t16-,17?,18-,19-,20-. The number of carbonyl (C=O) groups excluding carboxylic acids is 1. The van der Waals surface area contributed by atoms with E-state index in [-0.39, 0.29) is 34.8 Å². The Balaban J connectivity index is 1.69. The van der Waals surface area contributed by atoms with Crippen molar-refractivity contribution in [2.75, 3.05) is 4.90 Å². The normalized spacial score (nSPS) is 31.4. The number of nitrogens with zero attached hydrogens (tertiary/aromatic N) is 1. The van der Waals surface area contributed by atoms with Crippen LogP contribution in [0.1, 0.15) is 98.0 Å². The Hall–Kier alpha value is -1.66. The third kappa shape index (κ3) is 5.06. The molecule has 0 bridgehead atoms. The topological polar surface area (TPSA) is 77.8 Å². The van der Waals surface area contributed by atoms with Crippen molar-refractivity contribution in [2.24, 2.45) is 11.8 Å². The molecule has 170 valence electrons. The minimum Gasteiger partial charge on any atom is -0.477 e. The number of aliphatic hydroxyl groups is 1. The van der Waals surface area contributed by atoms with Crippen LogP contribution in [0.3, 0.4) is 0 Å². The van der Waals surface area contributed by atoms with Gasteiger partial charge in [0.05, 0.1) is 11.8 Å². The molecule has 0 saturated heterocycles. The molecule has 0 radical (unpaired) electrons. The number of allylic oxidation sites excluding steroid dienone is 2. The lowest BCUT2D eigenvalue weighted by Crippen LogP contribution is -2.47. The molecule has 1 aromatic heterocycles. The molecule has 6 heteroatoms. The molecule has 2 saturated carbocycles. The molecule has 1 aromatic rings. The number of aliphatic hydroxyl groups excluding tert-OH is 1. The van der Waals surface area contributed by atoms with Gasteiger partial charge in [-0.3, -0.25) is 4.79 Å². The van der Waals surface area contributed by atoms with Crippen molar-refractivity contribution in [1.82, 2.24) is 0 Å². The molecule has 0 aliphatic heterocycles. The Morgan fingerprint density at radius 2 is 1.74 bits per heavy atom. The SMILES string of the molecule is C[C@H]1CC[C@H](C(=O)N(c2cc(C3C=CCCC3)sc2C(=O)O)[C@H]2CC[C@H](O)CC2)CC1. The number of hydrogen-bond donors (Lipinski definition) is 2. The average molecular weight is 446 g/mol. The molecule has 1 atom stereocenters. The zero-order valence-corrected chi connectivity index (χ0v) is 19.3. The van der Waals surface area contributed by atoms with E-state index >= 15 is 0 Å². The van der Waals surface area contributed by atoms with E-state index in [1.807, 2.05) is 11.0 Å². The minimum atomic E-state index is -0.947. The lowest BCUT2D eigenvalue weighted by Gasteiger charge is -2.38. The molecule has 31 heavy (non-hydrogen) atoms. The summed E-state index contributed by atoms with van der Waals surface area (Å²) in [5, 5.41) is 20.0. The van der Waals surface area contributed by atoms with Gasteiger partial charge in [0, 0.05) is 22.8 Å². The summed E-state index contributed by atoms with van der Waals surface area (Å²) in [6.45, 7) is 2.24. The van der Waals surface area contributed by atoms with E-state index in [9.17, 15) is 19.8 Å². The van der Waals surface area contributed by atoms with Gasteiger partial charge in [-0.1, -0.05) is 19.1 Å². The molecular formula is C25H35NO4S. The van der Waals surface area contributed by atoms with Crippen LogP contribution in [0.2, 0.25) is 0 Å². The number of carbonyl (C=O) groups is 2. The summed E-state index contributed by atoms with van der Waals surface area (Å²) in [4.78, 5) is 29.2. The predicted octanol–water partition coefficient (Wildman–Crippen LogP) is 5.73. The Bertz CT molecular complexity index is 815. The molecule has 3 aliphatic rings. The van der Waals surface area contributed by atoms with Crippen LogP contribution in [-0.2, 0) is 4.79 Å². The number of aromatic carboxylic acids is 1. The highest BCUT2D eigenvalue weighted by atomic mass is 32.1. The van der Waals surface area contributed by atoms with E-state index in [4.69, 9.17) is 0 Å². The van der Waals surface area contributed by atoms with E-state index in [0.29, 0.717) is 24.4 Å². The summed E-state index contributed by atoms with van der Waals surface area (Å²) in [5.41, 5.74) is 0.594. The second-order valence-corrected chi connectivity index (χ2v) is 10.8. The molecule has 0 aromatic carbocycles. The van der Waals surface area contributed by atoms with Crippen LogP contribution < -0.4 is 4.90 Å². The Labute approximate surface area is 189 Å². The zero-order chi connectivity index (χ0) is 22.0.